The first-order chi connectivity index (χ1) is 8.49. The number of hydrogen-bond donors (Lipinski definition) is 2. The second kappa shape index (κ2) is 4.78. The number of fused-ring (bicyclic) bond motifs is 1. The van der Waals surface area contributed by atoms with Crippen LogP contribution in [-0.4, -0.2) is 16.2 Å². The number of hydrogen-bond acceptors (Lipinski definition) is 2. The van der Waals surface area contributed by atoms with Crippen LogP contribution in [0.4, 0.5) is 0 Å². The van der Waals surface area contributed by atoms with Crippen molar-refractivity contribution >= 4 is 16.7 Å². The molecule has 2 aromatic rings. The highest BCUT2D eigenvalue weighted by molar-refractivity contribution is 5.86. The zero-order valence-electron chi connectivity index (χ0n) is 10.4. The van der Waals surface area contributed by atoms with E-state index in [4.69, 9.17) is 5.11 Å². The minimum Gasteiger partial charge on any atom is -0.481 e. The van der Waals surface area contributed by atoms with Crippen molar-refractivity contribution in [3.05, 3.63) is 47.5 Å². The third-order valence-corrected chi connectivity index (χ3v) is 3.24. The van der Waals surface area contributed by atoms with E-state index in [1.165, 1.54) is 0 Å². The fourth-order valence-corrected chi connectivity index (χ4v) is 1.95. The highest BCUT2D eigenvalue weighted by atomic mass is 16.4. The molecular formula is C15H16O3. The summed E-state index contributed by atoms with van der Waals surface area (Å²) >= 11 is 0. The Bertz CT molecular complexity index is 587. The van der Waals surface area contributed by atoms with Crippen LogP contribution in [0, 0.1) is 0 Å². The van der Waals surface area contributed by atoms with Gasteiger partial charge in [-0.2, -0.15) is 0 Å². The molecule has 2 aromatic carbocycles. The molecule has 2 N–H and O–H groups in total. The molecule has 0 spiro atoms. The summed E-state index contributed by atoms with van der Waals surface area (Å²) in [6, 6.07) is 11.3. The second-order valence-electron chi connectivity index (χ2n) is 4.60. The van der Waals surface area contributed by atoms with Crippen LogP contribution < -0.4 is 0 Å². The smallest absolute Gasteiger partial charge is 0.310 e. The van der Waals surface area contributed by atoms with E-state index >= 15 is 0 Å². The molecule has 0 bridgehead atoms. The van der Waals surface area contributed by atoms with Crippen molar-refractivity contribution in [3.8, 4) is 0 Å². The summed E-state index contributed by atoms with van der Waals surface area (Å²) in [7, 11) is 0. The largest absolute Gasteiger partial charge is 0.481 e. The summed E-state index contributed by atoms with van der Waals surface area (Å²) in [5.74, 6) is -1.33. The van der Waals surface area contributed by atoms with E-state index in [2.05, 4.69) is 0 Å². The lowest BCUT2D eigenvalue weighted by molar-refractivity contribution is -0.138. The van der Waals surface area contributed by atoms with Gasteiger partial charge in [0.15, 0.2) is 0 Å². The van der Waals surface area contributed by atoms with Gasteiger partial charge in [-0.05, 0) is 41.8 Å². The van der Waals surface area contributed by atoms with Crippen molar-refractivity contribution in [1.82, 2.24) is 0 Å². The number of aliphatic carboxylic acids is 1. The zero-order chi connectivity index (χ0) is 13.3. The fraction of sp³-hybridized carbons (Fsp3) is 0.267. The molecule has 3 nitrogen and oxygen atoms in total. The Kier molecular flexibility index (Phi) is 3.34. The lowest BCUT2D eigenvalue weighted by atomic mass is 9.96. The molecule has 0 aliphatic heterocycles. The summed E-state index contributed by atoms with van der Waals surface area (Å²) in [5.41, 5.74) is 1.65. The van der Waals surface area contributed by atoms with Gasteiger partial charge in [0, 0.05) is 0 Å². The Morgan fingerprint density at radius 2 is 1.50 bits per heavy atom. The van der Waals surface area contributed by atoms with Gasteiger partial charge in [0.2, 0.25) is 0 Å². The average molecular weight is 244 g/mol. The van der Waals surface area contributed by atoms with Crippen molar-refractivity contribution < 1.29 is 15.0 Å². The molecular weight excluding hydrogens is 228 g/mol. The molecule has 18 heavy (non-hydrogen) atoms. The summed E-state index contributed by atoms with van der Waals surface area (Å²) in [5, 5.41) is 20.5. The molecule has 2 atom stereocenters. The molecule has 0 aliphatic carbocycles. The number of carboxylic acid groups (broad SMARTS) is 1. The first kappa shape index (κ1) is 12.6. The van der Waals surface area contributed by atoms with Gasteiger partial charge in [0.1, 0.15) is 0 Å². The van der Waals surface area contributed by atoms with Gasteiger partial charge in [0.25, 0.3) is 0 Å². The van der Waals surface area contributed by atoms with Crippen molar-refractivity contribution in [2.45, 2.75) is 25.9 Å². The van der Waals surface area contributed by atoms with Crippen molar-refractivity contribution in [3.63, 3.8) is 0 Å². The maximum atomic E-state index is 10.9. The maximum Gasteiger partial charge on any atom is 0.310 e. The molecule has 2 rings (SSSR count). The predicted octanol–water partition coefficient (Wildman–Crippen LogP) is 3.08. The van der Waals surface area contributed by atoms with E-state index < -0.39 is 18.0 Å². The van der Waals surface area contributed by atoms with Gasteiger partial charge in [0.05, 0.1) is 12.0 Å². The number of carboxylic acids is 1. The number of rotatable bonds is 3. The Morgan fingerprint density at radius 3 is 2.00 bits per heavy atom. The summed E-state index contributed by atoms with van der Waals surface area (Å²) in [6.45, 7) is 3.40. The Hall–Kier alpha value is -1.87. The Morgan fingerprint density at radius 1 is 1.00 bits per heavy atom. The first-order valence-electron chi connectivity index (χ1n) is 5.93. The van der Waals surface area contributed by atoms with E-state index in [1.54, 1.807) is 13.8 Å². The lowest BCUT2D eigenvalue weighted by Crippen LogP contribution is -2.07. The molecule has 94 valence electrons. The number of benzene rings is 2. The molecule has 0 fully saturated rings. The standard InChI is InChI=1S/C15H16O3/c1-9(15(17)18)11-3-5-14-8-12(10(2)16)4-6-13(14)7-11/h3-10,16H,1-2H3,(H,17,18). The third-order valence-electron chi connectivity index (χ3n) is 3.24. The van der Waals surface area contributed by atoms with Crippen LogP contribution >= 0.6 is 0 Å². The lowest BCUT2D eigenvalue weighted by Gasteiger charge is -2.10. The number of carbonyl (C=O) groups is 1. The molecule has 0 saturated carbocycles. The van der Waals surface area contributed by atoms with Crippen LogP contribution in [0.2, 0.25) is 0 Å². The molecule has 0 aliphatic rings. The quantitative estimate of drug-likeness (QED) is 0.872. The van der Waals surface area contributed by atoms with Crippen molar-refractivity contribution in [2.24, 2.45) is 0 Å². The van der Waals surface area contributed by atoms with Crippen molar-refractivity contribution in [1.29, 1.82) is 0 Å². The number of aliphatic hydroxyl groups is 1. The van der Waals surface area contributed by atoms with Gasteiger partial charge >= 0.3 is 5.97 Å². The Balaban J connectivity index is 2.47. The van der Waals surface area contributed by atoms with Crippen molar-refractivity contribution in [2.75, 3.05) is 0 Å². The normalized spacial score (nSPS) is 14.4. The van der Waals surface area contributed by atoms with Crippen LogP contribution in [0.5, 0.6) is 0 Å². The SMILES string of the molecule is CC(O)c1ccc2cc(C(C)C(=O)O)ccc2c1. The van der Waals surface area contributed by atoms with E-state index in [1.807, 2.05) is 36.4 Å². The molecule has 0 radical (unpaired) electrons. The van der Waals surface area contributed by atoms with E-state index in [-0.39, 0.29) is 0 Å². The summed E-state index contributed by atoms with van der Waals surface area (Å²) in [4.78, 5) is 10.9. The van der Waals surface area contributed by atoms with Crippen LogP contribution in [0.25, 0.3) is 10.8 Å². The van der Waals surface area contributed by atoms with Crippen LogP contribution in [0.3, 0.4) is 0 Å². The molecule has 0 aromatic heterocycles. The number of aliphatic hydroxyl groups excluding tert-OH is 1. The monoisotopic (exact) mass is 244 g/mol. The molecule has 0 saturated heterocycles. The van der Waals surface area contributed by atoms with E-state index in [0.29, 0.717) is 0 Å². The highest BCUT2D eigenvalue weighted by Gasteiger charge is 2.13. The summed E-state index contributed by atoms with van der Waals surface area (Å²) in [6.07, 6.45) is -0.494. The topological polar surface area (TPSA) is 57.5 Å². The molecule has 0 amide bonds. The highest BCUT2D eigenvalue weighted by Crippen LogP contribution is 2.24. The van der Waals surface area contributed by atoms with Gasteiger partial charge in [-0.1, -0.05) is 30.3 Å². The predicted molar refractivity (Wildman–Crippen MR) is 70.6 cm³/mol. The minimum absolute atomic E-state index is 0.494. The second-order valence-corrected chi connectivity index (χ2v) is 4.60. The van der Waals surface area contributed by atoms with Crippen LogP contribution in [0.1, 0.15) is 37.0 Å². The zero-order valence-corrected chi connectivity index (χ0v) is 10.4. The fourth-order valence-electron chi connectivity index (χ4n) is 1.95. The van der Waals surface area contributed by atoms with Gasteiger partial charge in [-0.15, -0.1) is 0 Å². The molecule has 0 heterocycles. The third kappa shape index (κ3) is 2.36. The van der Waals surface area contributed by atoms with Crippen LogP contribution in [0.15, 0.2) is 36.4 Å². The minimum atomic E-state index is -0.824. The van der Waals surface area contributed by atoms with Gasteiger partial charge in [-0.3, -0.25) is 4.79 Å². The molecule has 2 unspecified atom stereocenters. The Labute approximate surface area is 106 Å². The van der Waals surface area contributed by atoms with Gasteiger partial charge in [-0.25, -0.2) is 0 Å². The first-order valence-corrected chi connectivity index (χ1v) is 5.93. The van der Waals surface area contributed by atoms with E-state index in [0.717, 1.165) is 21.9 Å². The van der Waals surface area contributed by atoms with Gasteiger partial charge < -0.3 is 10.2 Å². The van der Waals surface area contributed by atoms with Crippen LogP contribution in [-0.2, 0) is 4.79 Å². The summed E-state index contributed by atoms with van der Waals surface area (Å²) < 4.78 is 0. The van der Waals surface area contributed by atoms with E-state index in [9.17, 15) is 9.90 Å². The maximum absolute atomic E-state index is 10.9. The average Bonchev–Trinajstić information content (AvgIpc) is 2.36. The molecule has 3 heteroatoms.